The van der Waals surface area contributed by atoms with Gasteiger partial charge in [-0.15, -0.1) is 0 Å². The van der Waals surface area contributed by atoms with Gasteiger partial charge in [-0.1, -0.05) is 27.2 Å². The summed E-state index contributed by atoms with van der Waals surface area (Å²) in [6, 6.07) is 4.33. The van der Waals surface area contributed by atoms with Gasteiger partial charge in [0.2, 0.25) is 0 Å². The zero-order chi connectivity index (χ0) is 15.1. The van der Waals surface area contributed by atoms with Crippen molar-refractivity contribution in [2.24, 2.45) is 5.92 Å². The lowest BCUT2D eigenvalue weighted by molar-refractivity contribution is 0.347. The van der Waals surface area contributed by atoms with E-state index in [1.165, 1.54) is 0 Å². The van der Waals surface area contributed by atoms with Gasteiger partial charge in [-0.05, 0) is 46.9 Å². The van der Waals surface area contributed by atoms with Crippen LogP contribution in [0.4, 0.5) is 0 Å². The monoisotopic (exact) mass is 343 g/mol. The predicted octanol–water partition coefficient (Wildman–Crippen LogP) is 4.55. The minimum absolute atomic E-state index is 0.275. The summed E-state index contributed by atoms with van der Waals surface area (Å²) in [6.07, 6.45) is 2.23. The van der Waals surface area contributed by atoms with E-state index in [2.05, 4.69) is 48.1 Å². The second-order valence-electron chi connectivity index (χ2n) is 5.05. The summed E-state index contributed by atoms with van der Waals surface area (Å²) in [5.74, 6) is 2.26. The van der Waals surface area contributed by atoms with Crippen LogP contribution in [0, 0.1) is 5.92 Å². The molecule has 2 atom stereocenters. The molecular formula is C16H26BrNO2. The van der Waals surface area contributed by atoms with Crippen LogP contribution in [0.5, 0.6) is 11.5 Å². The third kappa shape index (κ3) is 4.13. The molecular weight excluding hydrogens is 318 g/mol. The minimum Gasteiger partial charge on any atom is -0.496 e. The van der Waals surface area contributed by atoms with Gasteiger partial charge in [0.1, 0.15) is 11.5 Å². The number of hydrogen-bond acceptors (Lipinski definition) is 3. The van der Waals surface area contributed by atoms with Crippen LogP contribution in [-0.4, -0.2) is 20.8 Å². The van der Waals surface area contributed by atoms with Crippen molar-refractivity contribution in [3.63, 3.8) is 0 Å². The molecule has 0 bridgehead atoms. The fraction of sp³-hybridized carbons (Fsp3) is 0.625. The topological polar surface area (TPSA) is 30.5 Å². The molecule has 0 saturated heterocycles. The molecule has 0 aliphatic carbocycles. The summed E-state index contributed by atoms with van der Waals surface area (Å²) >= 11 is 3.51. The van der Waals surface area contributed by atoms with E-state index in [1.807, 2.05) is 6.07 Å². The third-order valence-electron chi connectivity index (χ3n) is 3.67. The van der Waals surface area contributed by atoms with Gasteiger partial charge < -0.3 is 14.8 Å². The van der Waals surface area contributed by atoms with E-state index in [1.54, 1.807) is 14.2 Å². The molecule has 0 spiro atoms. The lowest BCUT2D eigenvalue weighted by Crippen LogP contribution is -2.28. The Morgan fingerprint density at radius 3 is 2.30 bits per heavy atom. The number of methoxy groups -OCH3 is 2. The number of ether oxygens (including phenoxy) is 2. The van der Waals surface area contributed by atoms with Crippen LogP contribution >= 0.6 is 15.9 Å². The molecule has 114 valence electrons. The second-order valence-corrected chi connectivity index (χ2v) is 5.90. The van der Waals surface area contributed by atoms with Crippen molar-refractivity contribution >= 4 is 15.9 Å². The molecule has 1 N–H and O–H groups in total. The van der Waals surface area contributed by atoms with Crippen LogP contribution in [0.15, 0.2) is 16.6 Å². The average Bonchev–Trinajstić information content (AvgIpc) is 2.47. The smallest absolute Gasteiger partial charge is 0.133 e. The van der Waals surface area contributed by atoms with Crippen molar-refractivity contribution in [3.05, 3.63) is 22.2 Å². The molecule has 0 saturated carbocycles. The van der Waals surface area contributed by atoms with Crippen LogP contribution in [0.3, 0.4) is 0 Å². The Morgan fingerprint density at radius 2 is 1.80 bits per heavy atom. The van der Waals surface area contributed by atoms with E-state index in [9.17, 15) is 0 Å². The fourth-order valence-electron chi connectivity index (χ4n) is 2.28. The van der Waals surface area contributed by atoms with Gasteiger partial charge in [-0.25, -0.2) is 0 Å². The van der Waals surface area contributed by atoms with Gasteiger partial charge in [-0.2, -0.15) is 0 Å². The molecule has 0 heterocycles. The summed E-state index contributed by atoms with van der Waals surface area (Å²) in [5, 5.41) is 3.63. The lowest BCUT2D eigenvalue weighted by Gasteiger charge is -2.27. The maximum absolute atomic E-state index is 5.56. The van der Waals surface area contributed by atoms with Gasteiger partial charge in [0.15, 0.2) is 0 Å². The maximum Gasteiger partial charge on any atom is 0.133 e. The Morgan fingerprint density at radius 1 is 1.15 bits per heavy atom. The van der Waals surface area contributed by atoms with Gasteiger partial charge in [0, 0.05) is 11.6 Å². The van der Waals surface area contributed by atoms with Gasteiger partial charge in [0.05, 0.1) is 18.7 Å². The first kappa shape index (κ1) is 17.3. The summed E-state index contributed by atoms with van der Waals surface area (Å²) < 4.78 is 11.9. The molecule has 0 aromatic heterocycles. The van der Waals surface area contributed by atoms with Gasteiger partial charge in [0.25, 0.3) is 0 Å². The molecule has 0 amide bonds. The van der Waals surface area contributed by atoms with Crippen LogP contribution < -0.4 is 14.8 Å². The van der Waals surface area contributed by atoms with E-state index in [4.69, 9.17) is 9.47 Å². The molecule has 2 unspecified atom stereocenters. The van der Waals surface area contributed by atoms with E-state index in [0.717, 1.165) is 40.9 Å². The van der Waals surface area contributed by atoms with Crippen LogP contribution in [0.2, 0.25) is 0 Å². The quantitative estimate of drug-likeness (QED) is 0.750. The van der Waals surface area contributed by atoms with E-state index in [0.29, 0.717) is 5.92 Å². The summed E-state index contributed by atoms with van der Waals surface area (Å²) in [5.41, 5.74) is 1.16. The Labute approximate surface area is 131 Å². The molecule has 0 aliphatic rings. The number of hydrogen-bond donors (Lipinski definition) is 1. The average molecular weight is 344 g/mol. The Bertz CT molecular complexity index is 423. The molecule has 1 aromatic carbocycles. The van der Waals surface area contributed by atoms with Crippen LogP contribution in [0.25, 0.3) is 0 Å². The van der Waals surface area contributed by atoms with Gasteiger partial charge in [-0.3, -0.25) is 0 Å². The zero-order valence-electron chi connectivity index (χ0n) is 13.1. The van der Waals surface area contributed by atoms with Crippen molar-refractivity contribution in [3.8, 4) is 11.5 Å². The molecule has 20 heavy (non-hydrogen) atoms. The normalized spacial score (nSPS) is 13.9. The summed E-state index contributed by atoms with van der Waals surface area (Å²) in [7, 11) is 3.40. The highest BCUT2D eigenvalue weighted by Gasteiger charge is 2.22. The Kier molecular flexibility index (Phi) is 7.38. The number of nitrogens with one attached hydrogen (secondary N) is 1. The standard InChI is InChI=1S/C16H26BrNO2/c1-6-8-18-16(11(3)7-2)12-9-15(20-5)13(17)10-14(12)19-4/h9-11,16,18H,6-8H2,1-5H3. The fourth-order valence-corrected chi connectivity index (χ4v) is 2.76. The Hall–Kier alpha value is -0.740. The highest BCUT2D eigenvalue weighted by Crippen LogP contribution is 2.38. The third-order valence-corrected chi connectivity index (χ3v) is 4.29. The molecule has 0 fully saturated rings. The molecule has 1 aromatic rings. The van der Waals surface area contributed by atoms with Crippen molar-refractivity contribution in [1.82, 2.24) is 5.32 Å². The summed E-state index contributed by atoms with van der Waals surface area (Å²) in [6.45, 7) is 7.66. The van der Waals surface area contributed by atoms with Crippen molar-refractivity contribution in [2.75, 3.05) is 20.8 Å². The minimum atomic E-state index is 0.275. The first-order chi connectivity index (χ1) is 9.58. The molecule has 4 heteroatoms. The van der Waals surface area contributed by atoms with Gasteiger partial charge >= 0.3 is 0 Å². The van der Waals surface area contributed by atoms with Crippen LogP contribution in [0.1, 0.15) is 45.2 Å². The first-order valence-corrected chi connectivity index (χ1v) is 8.03. The highest BCUT2D eigenvalue weighted by molar-refractivity contribution is 9.10. The molecule has 3 nitrogen and oxygen atoms in total. The zero-order valence-corrected chi connectivity index (χ0v) is 14.7. The van der Waals surface area contributed by atoms with Crippen LogP contribution in [-0.2, 0) is 0 Å². The van der Waals surface area contributed by atoms with E-state index < -0.39 is 0 Å². The molecule has 0 radical (unpaired) electrons. The van der Waals surface area contributed by atoms with E-state index >= 15 is 0 Å². The van der Waals surface area contributed by atoms with E-state index in [-0.39, 0.29) is 6.04 Å². The SMILES string of the molecule is CCCNC(c1cc(OC)c(Br)cc1OC)C(C)CC. The van der Waals surface area contributed by atoms with Crippen molar-refractivity contribution in [1.29, 1.82) is 0 Å². The first-order valence-electron chi connectivity index (χ1n) is 7.23. The number of rotatable bonds is 8. The molecule has 1 rings (SSSR count). The Balaban J connectivity index is 3.21. The second kappa shape index (κ2) is 8.53. The number of benzene rings is 1. The summed E-state index contributed by atoms with van der Waals surface area (Å²) in [4.78, 5) is 0. The largest absolute Gasteiger partial charge is 0.496 e. The number of halogens is 1. The predicted molar refractivity (Wildman–Crippen MR) is 87.7 cm³/mol. The lowest BCUT2D eigenvalue weighted by atomic mass is 9.91. The van der Waals surface area contributed by atoms with Crippen molar-refractivity contribution in [2.45, 2.75) is 39.7 Å². The highest BCUT2D eigenvalue weighted by atomic mass is 79.9. The molecule has 0 aliphatic heterocycles. The van der Waals surface area contributed by atoms with Crippen molar-refractivity contribution < 1.29 is 9.47 Å². The maximum atomic E-state index is 5.56.